The largest absolute Gasteiger partial charge is 0.316 e. The smallest absolute Gasteiger partial charge is 0.00206 e. The molecule has 1 saturated heterocycles. The Hall–Kier alpha value is -0.820. The Balaban J connectivity index is 2.80. The second kappa shape index (κ2) is 5.92. The van der Waals surface area contributed by atoms with Crippen LogP contribution >= 0.6 is 0 Å². The van der Waals surface area contributed by atoms with Crippen molar-refractivity contribution in [3.63, 3.8) is 0 Å². The van der Waals surface area contributed by atoms with Gasteiger partial charge in [-0.15, -0.1) is 0 Å². The Labute approximate surface area is 94.0 Å². The SMILES string of the molecule is C=C/C(=C\C(=C/C)C(C)C)C1CCNC1. The average Bonchev–Trinajstić information content (AvgIpc) is 2.72. The summed E-state index contributed by atoms with van der Waals surface area (Å²) in [4.78, 5) is 0. The van der Waals surface area contributed by atoms with Gasteiger partial charge in [0.2, 0.25) is 0 Å². The molecule has 0 aliphatic carbocycles. The molecule has 0 saturated carbocycles. The lowest BCUT2D eigenvalue weighted by atomic mass is 9.93. The first-order valence-electron chi connectivity index (χ1n) is 5.90. The molecule has 1 aliphatic rings. The molecule has 84 valence electrons. The Morgan fingerprint density at radius 1 is 1.47 bits per heavy atom. The van der Waals surface area contributed by atoms with Crippen LogP contribution in [0.5, 0.6) is 0 Å². The fourth-order valence-corrected chi connectivity index (χ4v) is 2.06. The second-order valence-electron chi connectivity index (χ2n) is 4.48. The lowest BCUT2D eigenvalue weighted by molar-refractivity contribution is 0.692. The summed E-state index contributed by atoms with van der Waals surface area (Å²) in [5.41, 5.74) is 2.80. The first-order chi connectivity index (χ1) is 7.19. The van der Waals surface area contributed by atoms with E-state index < -0.39 is 0 Å². The standard InChI is InChI=1S/C14H23N/c1-5-12(11(3)4)9-13(6-2)14-7-8-15-10-14/h5-6,9,11,14-15H,2,7-8,10H2,1,3-4H3/b12-5+,13-9+. The van der Waals surface area contributed by atoms with E-state index in [1.165, 1.54) is 17.6 Å². The molecule has 1 unspecified atom stereocenters. The maximum atomic E-state index is 3.93. The number of hydrogen-bond acceptors (Lipinski definition) is 1. The van der Waals surface area contributed by atoms with Crippen molar-refractivity contribution in [1.29, 1.82) is 0 Å². The zero-order valence-corrected chi connectivity index (χ0v) is 10.2. The highest BCUT2D eigenvalue weighted by Crippen LogP contribution is 2.23. The molecule has 1 atom stereocenters. The normalized spacial score (nSPS) is 23.6. The fourth-order valence-electron chi connectivity index (χ4n) is 2.06. The van der Waals surface area contributed by atoms with Crippen LogP contribution in [0.1, 0.15) is 27.2 Å². The molecule has 0 amide bonds. The summed E-state index contributed by atoms with van der Waals surface area (Å²) in [7, 11) is 0. The highest BCUT2D eigenvalue weighted by molar-refractivity contribution is 5.32. The van der Waals surface area contributed by atoms with E-state index in [1.54, 1.807) is 0 Å². The van der Waals surface area contributed by atoms with Gasteiger partial charge in [0.05, 0.1) is 0 Å². The van der Waals surface area contributed by atoms with Gasteiger partial charge in [0.1, 0.15) is 0 Å². The lowest BCUT2D eigenvalue weighted by Gasteiger charge is -2.13. The van der Waals surface area contributed by atoms with Crippen LogP contribution in [0.25, 0.3) is 0 Å². The topological polar surface area (TPSA) is 12.0 Å². The number of allylic oxidation sites excluding steroid dienone is 4. The minimum atomic E-state index is 0.597. The highest BCUT2D eigenvalue weighted by Gasteiger charge is 2.17. The Morgan fingerprint density at radius 3 is 2.60 bits per heavy atom. The zero-order valence-electron chi connectivity index (χ0n) is 10.2. The van der Waals surface area contributed by atoms with Crippen molar-refractivity contribution in [2.45, 2.75) is 27.2 Å². The maximum Gasteiger partial charge on any atom is 0.00206 e. The van der Waals surface area contributed by atoms with Crippen LogP contribution in [-0.2, 0) is 0 Å². The van der Waals surface area contributed by atoms with Gasteiger partial charge in [-0.2, -0.15) is 0 Å². The molecule has 1 fully saturated rings. The molecule has 1 heterocycles. The molecule has 0 radical (unpaired) electrons. The number of rotatable bonds is 4. The van der Waals surface area contributed by atoms with Crippen LogP contribution in [0.2, 0.25) is 0 Å². The summed E-state index contributed by atoms with van der Waals surface area (Å²) < 4.78 is 0. The van der Waals surface area contributed by atoms with E-state index in [2.05, 4.69) is 44.8 Å². The van der Waals surface area contributed by atoms with Crippen molar-refractivity contribution in [2.75, 3.05) is 13.1 Å². The molecule has 1 nitrogen and oxygen atoms in total. The average molecular weight is 205 g/mol. The molecule has 0 aromatic heterocycles. The fraction of sp³-hybridized carbons (Fsp3) is 0.571. The second-order valence-corrected chi connectivity index (χ2v) is 4.48. The summed E-state index contributed by atoms with van der Waals surface area (Å²) in [5.74, 6) is 1.26. The molecule has 0 spiro atoms. The lowest BCUT2D eigenvalue weighted by Crippen LogP contribution is -2.10. The highest BCUT2D eigenvalue weighted by atomic mass is 14.9. The van der Waals surface area contributed by atoms with E-state index in [0.29, 0.717) is 11.8 Å². The van der Waals surface area contributed by atoms with Crippen LogP contribution < -0.4 is 5.32 Å². The van der Waals surface area contributed by atoms with Gasteiger partial charge in [-0.05, 0) is 42.9 Å². The van der Waals surface area contributed by atoms with Crippen LogP contribution in [0.4, 0.5) is 0 Å². The number of hydrogen-bond donors (Lipinski definition) is 1. The van der Waals surface area contributed by atoms with Crippen molar-refractivity contribution in [2.24, 2.45) is 11.8 Å². The van der Waals surface area contributed by atoms with Gasteiger partial charge in [-0.25, -0.2) is 0 Å². The van der Waals surface area contributed by atoms with Gasteiger partial charge in [-0.1, -0.05) is 38.7 Å². The zero-order chi connectivity index (χ0) is 11.3. The van der Waals surface area contributed by atoms with E-state index in [4.69, 9.17) is 0 Å². The molecule has 1 N–H and O–H groups in total. The Morgan fingerprint density at radius 2 is 2.20 bits per heavy atom. The third-order valence-electron chi connectivity index (χ3n) is 3.10. The number of nitrogens with one attached hydrogen (secondary N) is 1. The predicted octanol–water partition coefficient (Wildman–Crippen LogP) is 3.31. The molecular formula is C14H23N. The van der Waals surface area contributed by atoms with Gasteiger partial charge in [0, 0.05) is 6.54 Å². The molecule has 1 rings (SSSR count). The first kappa shape index (κ1) is 12.3. The first-order valence-corrected chi connectivity index (χ1v) is 5.90. The Bertz CT molecular complexity index is 265. The van der Waals surface area contributed by atoms with Gasteiger partial charge in [0.25, 0.3) is 0 Å². The molecule has 15 heavy (non-hydrogen) atoms. The van der Waals surface area contributed by atoms with Gasteiger partial charge in [0.15, 0.2) is 0 Å². The molecular weight excluding hydrogens is 182 g/mol. The van der Waals surface area contributed by atoms with Crippen molar-refractivity contribution in [3.8, 4) is 0 Å². The minimum absolute atomic E-state index is 0.597. The minimum Gasteiger partial charge on any atom is -0.316 e. The van der Waals surface area contributed by atoms with E-state index in [9.17, 15) is 0 Å². The quantitative estimate of drug-likeness (QED) is 0.694. The van der Waals surface area contributed by atoms with Crippen LogP contribution in [0.3, 0.4) is 0 Å². The van der Waals surface area contributed by atoms with Gasteiger partial charge >= 0.3 is 0 Å². The van der Waals surface area contributed by atoms with Gasteiger partial charge in [-0.3, -0.25) is 0 Å². The third kappa shape index (κ3) is 3.35. The van der Waals surface area contributed by atoms with E-state index >= 15 is 0 Å². The maximum absolute atomic E-state index is 3.93. The summed E-state index contributed by atoms with van der Waals surface area (Å²) in [5, 5.41) is 3.40. The summed E-state index contributed by atoms with van der Waals surface area (Å²) in [6, 6.07) is 0. The van der Waals surface area contributed by atoms with E-state index in [1.807, 2.05) is 6.08 Å². The molecule has 1 aliphatic heterocycles. The third-order valence-corrected chi connectivity index (χ3v) is 3.10. The summed E-state index contributed by atoms with van der Waals surface area (Å²) in [6.45, 7) is 12.8. The van der Waals surface area contributed by atoms with Crippen LogP contribution in [-0.4, -0.2) is 13.1 Å². The summed E-state index contributed by atoms with van der Waals surface area (Å²) in [6.07, 6.45) is 7.78. The van der Waals surface area contributed by atoms with E-state index in [0.717, 1.165) is 13.1 Å². The van der Waals surface area contributed by atoms with Crippen molar-refractivity contribution in [3.05, 3.63) is 36.0 Å². The molecule has 0 aromatic rings. The van der Waals surface area contributed by atoms with Crippen molar-refractivity contribution < 1.29 is 0 Å². The monoisotopic (exact) mass is 205 g/mol. The van der Waals surface area contributed by atoms with E-state index in [-0.39, 0.29) is 0 Å². The molecule has 1 heteroatoms. The molecule has 0 aromatic carbocycles. The Kier molecular flexibility index (Phi) is 4.83. The molecule has 0 bridgehead atoms. The van der Waals surface area contributed by atoms with Crippen molar-refractivity contribution in [1.82, 2.24) is 5.32 Å². The summed E-state index contributed by atoms with van der Waals surface area (Å²) >= 11 is 0. The van der Waals surface area contributed by atoms with Crippen LogP contribution in [0, 0.1) is 11.8 Å². The van der Waals surface area contributed by atoms with Crippen molar-refractivity contribution >= 4 is 0 Å². The van der Waals surface area contributed by atoms with Gasteiger partial charge < -0.3 is 5.32 Å². The predicted molar refractivity (Wildman–Crippen MR) is 67.9 cm³/mol. The van der Waals surface area contributed by atoms with Crippen LogP contribution in [0.15, 0.2) is 36.0 Å².